The molecular weight excluding hydrogens is 348 g/mol. The Morgan fingerprint density at radius 3 is 2.82 bits per heavy atom. The fraction of sp³-hybridized carbons (Fsp3) is 0.417. The number of allylic oxidation sites excluding steroid dienone is 2. The van der Waals surface area contributed by atoms with Gasteiger partial charge in [0.15, 0.2) is 5.69 Å². The molecule has 1 aliphatic carbocycles. The first-order chi connectivity index (χ1) is 13.7. The van der Waals surface area contributed by atoms with E-state index in [1.165, 1.54) is 48.6 Å². The van der Waals surface area contributed by atoms with Gasteiger partial charge in [0.1, 0.15) is 0 Å². The number of benzene rings is 1. The second kappa shape index (κ2) is 8.17. The lowest BCUT2D eigenvalue weighted by atomic mass is 9.93. The molecule has 0 unspecified atom stereocenters. The summed E-state index contributed by atoms with van der Waals surface area (Å²) < 4.78 is 5.23. The fourth-order valence-corrected chi connectivity index (χ4v) is 4.33. The van der Waals surface area contributed by atoms with Gasteiger partial charge in [-0.05, 0) is 67.9 Å². The molecule has 1 N–H and O–H groups in total. The Morgan fingerprint density at radius 2 is 2.00 bits per heavy atom. The van der Waals surface area contributed by atoms with E-state index in [0.717, 1.165) is 34.8 Å². The number of H-pyrrole nitrogens is 1. The first-order valence-corrected chi connectivity index (χ1v) is 10.5. The van der Waals surface area contributed by atoms with Gasteiger partial charge < -0.3 is 9.72 Å². The van der Waals surface area contributed by atoms with Crippen LogP contribution in [0.25, 0.3) is 27.4 Å². The van der Waals surface area contributed by atoms with E-state index in [-0.39, 0.29) is 5.97 Å². The highest BCUT2D eigenvalue weighted by Gasteiger charge is 2.19. The maximum absolute atomic E-state index is 12.4. The second-order valence-corrected chi connectivity index (χ2v) is 7.52. The van der Waals surface area contributed by atoms with E-state index in [9.17, 15) is 4.79 Å². The maximum Gasteiger partial charge on any atom is 0.357 e. The topological polar surface area (TPSA) is 55.0 Å². The number of pyridine rings is 1. The molecule has 1 aromatic carbocycles. The number of aryl methyl sites for hydroxylation is 1. The van der Waals surface area contributed by atoms with Crippen molar-refractivity contribution in [3.8, 4) is 0 Å². The van der Waals surface area contributed by atoms with Gasteiger partial charge in [-0.2, -0.15) is 0 Å². The number of esters is 1. The molecule has 0 aliphatic heterocycles. The van der Waals surface area contributed by atoms with Crippen molar-refractivity contribution in [2.24, 2.45) is 0 Å². The van der Waals surface area contributed by atoms with Crippen LogP contribution in [0.15, 0.2) is 30.5 Å². The van der Waals surface area contributed by atoms with E-state index >= 15 is 0 Å². The number of nitrogens with zero attached hydrogens (tertiary/aromatic N) is 1. The third-order valence-electron chi connectivity index (χ3n) is 5.72. The molecule has 2 aromatic heterocycles. The van der Waals surface area contributed by atoms with Gasteiger partial charge in [-0.25, -0.2) is 9.78 Å². The Bertz CT molecular complexity index is 1050. The van der Waals surface area contributed by atoms with Crippen molar-refractivity contribution in [1.82, 2.24) is 9.97 Å². The molecule has 0 saturated heterocycles. The van der Waals surface area contributed by atoms with Crippen LogP contribution in [0.1, 0.15) is 74.0 Å². The van der Waals surface area contributed by atoms with Crippen molar-refractivity contribution in [1.29, 1.82) is 0 Å². The van der Waals surface area contributed by atoms with Crippen molar-refractivity contribution >= 4 is 33.3 Å². The van der Waals surface area contributed by atoms with Crippen LogP contribution >= 0.6 is 0 Å². The summed E-state index contributed by atoms with van der Waals surface area (Å²) in [5, 5.41) is 2.27. The first kappa shape index (κ1) is 18.7. The number of carbonyl (C=O) groups excluding carboxylic acids is 1. The zero-order valence-electron chi connectivity index (χ0n) is 16.8. The number of carbonyl (C=O) groups is 1. The molecule has 28 heavy (non-hydrogen) atoms. The summed E-state index contributed by atoms with van der Waals surface area (Å²) in [5.74, 6) is -0.338. The van der Waals surface area contributed by atoms with E-state index in [2.05, 4.69) is 41.2 Å². The molecule has 0 bridgehead atoms. The molecule has 2 heterocycles. The number of fused-ring (bicyclic) bond motifs is 3. The van der Waals surface area contributed by atoms with E-state index in [4.69, 9.17) is 4.74 Å². The number of ether oxygens (including phenoxy) is 1. The lowest BCUT2D eigenvalue weighted by Crippen LogP contribution is -2.10. The molecule has 0 radical (unpaired) electrons. The van der Waals surface area contributed by atoms with Crippen LogP contribution in [0.2, 0.25) is 0 Å². The predicted molar refractivity (Wildman–Crippen MR) is 115 cm³/mol. The lowest BCUT2D eigenvalue weighted by Gasteiger charge is -2.12. The maximum atomic E-state index is 12.4. The number of nitrogens with one attached hydrogen (secondary N) is 1. The van der Waals surface area contributed by atoms with Crippen LogP contribution in [0.4, 0.5) is 0 Å². The third-order valence-corrected chi connectivity index (χ3v) is 5.72. The van der Waals surface area contributed by atoms with Gasteiger partial charge in [0.25, 0.3) is 0 Å². The van der Waals surface area contributed by atoms with Crippen LogP contribution in [-0.4, -0.2) is 22.5 Å². The molecule has 0 atom stereocenters. The van der Waals surface area contributed by atoms with Gasteiger partial charge in [-0.3, -0.25) is 0 Å². The summed E-state index contributed by atoms with van der Waals surface area (Å²) in [6.07, 6.45) is 12.4. The minimum absolute atomic E-state index is 0.338. The molecule has 1 aliphatic rings. The van der Waals surface area contributed by atoms with Gasteiger partial charge >= 0.3 is 5.97 Å². The monoisotopic (exact) mass is 376 g/mol. The Balaban J connectivity index is 1.88. The van der Waals surface area contributed by atoms with E-state index < -0.39 is 0 Å². The van der Waals surface area contributed by atoms with Gasteiger partial charge in [0.05, 0.1) is 18.3 Å². The van der Waals surface area contributed by atoms with Crippen molar-refractivity contribution in [3.63, 3.8) is 0 Å². The first-order valence-electron chi connectivity index (χ1n) is 10.5. The summed E-state index contributed by atoms with van der Waals surface area (Å²) in [6, 6.07) is 6.67. The summed E-state index contributed by atoms with van der Waals surface area (Å²) >= 11 is 0. The molecule has 4 rings (SSSR count). The molecule has 4 nitrogen and oxygen atoms in total. The Kier molecular flexibility index (Phi) is 5.47. The van der Waals surface area contributed by atoms with Gasteiger partial charge in [-0.15, -0.1) is 0 Å². The minimum Gasteiger partial charge on any atom is -0.461 e. The smallest absolute Gasteiger partial charge is 0.357 e. The highest BCUT2D eigenvalue weighted by molar-refractivity contribution is 6.11. The SMILES string of the molecule is CCOC(=O)c1ncc2[nH]c3ccc(/C4=C/CCCCCC4)cc3c2c1CC. The molecule has 4 heteroatoms. The normalized spacial score (nSPS) is 17.1. The Hall–Kier alpha value is -2.62. The molecule has 3 aromatic rings. The lowest BCUT2D eigenvalue weighted by molar-refractivity contribution is 0.0518. The summed E-state index contributed by atoms with van der Waals surface area (Å²) in [7, 11) is 0. The Labute approximate surface area is 166 Å². The Morgan fingerprint density at radius 1 is 1.14 bits per heavy atom. The van der Waals surface area contributed by atoms with Gasteiger partial charge in [0.2, 0.25) is 0 Å². The van der Waals surface area contributed by atoms with Crippen LogP contribution in [0.3, 0.4) is 0 Å². The molecule has 0 fully saturated rings. The highest BCUT2D eigenvalue weighted by atomic mass is 16.5. The van der Waals surface area contributed by atoms with E-state index in [0.29, 0.717) is 12.3 Å². The molecule has 0 amide bonds. The molecular formula is C24H28N2O2. The van der Waals surface area contributed by atoms with Crippen molar-refractivity contribution in [2.45, 2.75) is 58.8 Å². The number of hydrogen-bond acceptors (Lipinski definition) is 3. The van der Waals surface area contributed by atoms with Crippen molar-refractivity contribution in [2.75, 3.05) is 6.61 Å². The second-order valence-electron chi connectivity index (χ2n) is 7.52. The number of aromatic nitrogens is 2. The average molecular weight is 377 g/mol. The number of hydrogen-bond donors (Lipinski definition) is 1. The summed E-state index contributed by atoms with van der Waals surface area (Å²) in [6.45, 7) is 4.25. The predicted octanol–water partition coefficient (Wildman–Crippen LogP) is 6.19. The standard InChI is InChI=1S/C24H28N2O2/c1-3-18-22-19-14-17(16-10-8-6-5-7-9-11-16)12-13-20(19)26-21(22)15-25-23(18)24(27)28-4-2/h10,12-15,26H,3-9,11H2,1-2H3/b16-10+. The van der Waals surface area contributed by atoms with E-state index in [1.807, 2.05) is 6.92 Å². The summed E-state index contributed by atoms with van der Waals surface area (Å²) in [4.78, 5) is 20.3. The summed E-state index contributed by atoms with van der Waals surface area (Å²) in [5.41, 5.74) is 6.21. The fourth-order valence-electron chi connectivity index (χ4n) is 4.33. The van der Waals surface area contributed by atoms with Gasteiger partial charge in [0, 0.05) is 16.3 Å². The largest absolute Gasteiger partial charge is 0.461 e. The van der Waals surface area contributed by atoms with E-state index in [1.54, 1.807) is 6.20 Å². The van der Waals surface area contributed by atoms with Crippen LogP contribution in [0.5, 0.6) is 0 Å². The quantitative estimate of drug-likeness (QED) is 0.552. The number of rotatable bonds is 4. The van der Waals surface area contributed by atoms with Crippen molar-refractivity contribution < 1.29 is 9.53 Å². The average Bonchev–Trinajstić information content (AvgIpc) is 3.05. The number of aromatic amines is 1. The highest BCUT2D eigenvalue weighted by Crippen LogP contribution is 2.34. The van der Waals surface area contributed by atoms with Crippen molar-refractivity contribution in [3.05, 3.63) is 47.3 Å². The van der Waals surface area contributed by atoms with Crippen LogP contribution < -0.4 is 0 Å². The third kappa shape index (κ3) is 3.44. The van der Waals surface area contributed by atoms with Gasteiger partial charge in [-0.1, -0.05) is 31.9 Å². The molecule has 146 valence electrons. The zero-order chi connectivity index (χ0) is 19.5. The van der Waals surface area contributed by atoms with Crippen LogP contribution in [-0.2, 0) is 11.2 Å². The minimum atomic E-state index is -0.338. The van der Waals surface area contributed by atoms with Crippen LogP contribution in [0, 0.1) is 0 Å². The zero-order valence-corrected chi connectivity index (χ0v) is 16.8. The molecule has 0 spiro atoms. The molecule has 0 saturated carbocycles.